The van der Waals surface area contributed by atoms with Gasteiger partial charge in [0.2, 0.25) is 11.8 Å². The molecule has 0 bridgehead atoms. The molecule has 0 saturated heterocycles. The van der Waals surface area contributed by atoms with Gasteiger partial charge in [0, 0.05) is 12.2 Å². The highest BCUT2D eigenvalue weighted by Gasteiger charge is 2.29. The number of nitrogens with one attached hydrogen (secondary N) is 2. The molecule has 1 atom stereocenters. The molecule has 2 N–H and O–H groups in total. The summed E-state index contributed by atoms with van der Waals surface area (Å²) in [5, 5.41) is 5.48. The maximum Gasteiger partial charge on any atom is 0.422 e. The molecule has 0 heterocycles. The van der Waals surface area contributed by atoms with Crippen LogP contribution in [0.5, 0.6) is 5.75 Å². The third kappa shape index (κ3) is 7.76. The van der Waals surface area contributed by atoms with E-state index in [0.717, 1.165) is 22.4 Å². The van der Waals surface area contributed by atoms with Crippen molar-refractivity contribution in [1.82, 2.24) is 10.2 Å². The van der Waals surface area contributed by atoms with Crippen molar-refractivity contribution in [2.75, 3.05) is 25.5 Å². The lowest BCUT2D eigenvalue weighted by Gasteiger charge is -2.25. The number of halogens is 3. The van der Waals surface area contributed by atoms with Crippen LogP contribution in [-0.4, -0.2) is 49.1 Å². The molecule has 2 amide bonds. The Labute approximate surface area is 198 Å². The van der Waals surface area contributed by atoms with Crippen LogP contribution in [0.2, 0.25) is 0 Å². The van der Waals surface area contributed by atoms with Gasteiger partial charge < -0.3 is 15.4 Å². The zero-order chi connectivity index (χ0) is 25.6. The van der Waals surface area contributed by atoms with Crippen molar-refractivity contribution in [3.8, 4) is 5.75 Å². The van der Waals surface area contributed by atoms with Crippen LogP contribution < -0.4 is 15.4 Å². The Balaban J connectivity index is 1.93. The number of likely N-dealkylation sites (N-methyl/N-ethyl adjacent to an activating group) is 1. The van der Waals surface area contributed by atoms with Crippen molar-refractivity contribution < 1.29 is 27.5 Å². The average Bonchev–Trinajstić information content (AvgIpc) is 2.72. The largest absolute Gasteiger partial charge is 0.484 e. The minimum atomic E-state index is -4.41. The van der Waals surface area contributed by atoms with Gasteiger partial charge in [0.05, 0.1) is 12.6 Å². The van der Waals surface area contributed by atoms with Crippen molar-refractivity contribution in [3.63, 3.8) is 0 Å². The molecule has 1 unspecified atom stereocenters. The van der Waals surface area contributed by atoms with E-state index in [2.05, 4.69) is 10.6 Å². The predicted molar refractivity (Wildman–Crippen MR) is 126 cm³/mol. The minimum absolute atomic E-state index is 0.158. The standard InChI is InChI=1S/C25H32F3N3O3/c1-15-8-7-9-16(2)22(15)30-21(32)12-29-24(33)19(5)31(6)13-20-10-17(3)23(18(4)11-20)34-14-25(26,27)28/h7-11,19H,12-14H2,1-6H3,(H,29,33)(H,30,32). The average molecular weight is 480 g/mol. The Hall–Kier alpha value is -3.07. The lowest BCUT2D eigenvalue weighted by Crippen LogP contribution is -2.45. The number of anilines is 1. The van der Waals surface area contributed by atoms with Gasteiger partial charge in [-0.25, -0.2) is 0 Å². The highest BCUT2D eigenvalue weighted by atomic mass is 19.4. The summed E-state index contributed by atoms with van der Waals surface area (Å²) in [4.78, 5) is 26.7. The van der Waals surface area contributed by atoms with Crippen molar-refractivity contribution in [2.45, 2.75) is 53.4 Å². The first kappa shape index (κ1) is 27.2. The number of alkyl halides is 3. The third-order valence-electron chi connectivity index (χ3n) is 5.54. The molecule has 0 aliphatic carbocycles. The van der Waals surface area contributed by atoms with Crippen LogP contribution in [0.15, 0.2) is 30.3 Å². The molecule has 0 radical (unpaired) electrons. The third-order valence-corrected chi connectivity index (χ3v) is 5.54. The maximum atomic E-state index is 12.6. The number of amides is 2. The molecule has 0 spiro atoms. The van der Waals surface area contributed by atoms with E-state index in [1.165, 1.54) is 0 Å². The van der Waals surface area contributed by atoms with Crippen LogP contribution in [0.25, 0.3) is 0 Å². The zero-order valence-corrected chi connectivity index (χ0v) is 20.4. The fourth-order valence-electron chi connectivity index (χ4n) is 3.65. The van der Waals surface area contributed by atoms with Gasteiger partial charge in [-0.05, 0) is 69.5 Å². The van der Waals surface area contributed by atoms with Crippen LogP contribution >= 0.6 is 0 Å². The lowest BCUT2D eigenvalue weighted by atomic mass is 10.0. The lowest BCUT2D eigenvalue weighted by molar-refractivity contribution is -0.153. The quantitative estimate of drug-likeness (QED) is 0.558. The number of para-hydroxylation sites is 1. The van der Waals surface area contributed by atoms with E-state index >= 15 is 0 Å². The second-order valence-corrected chi connectivity index (χ2v) is 8.59. The summed E-state index contributed by atoms with van der Waals surface area (Å²) < 4.78 is 42.4. The molecule has 9 heteroatoms. The second-order valence-electron chi connectivity index (χ2n) is 8.59. The normalized spacial score (nSPS) is 12.4. The smallest absolute Gasteiger partial charge is 0.422 e. The van der Waals surface area contributed by atoms with E-state index in [1.807, 2.05) is 32.0 Å². The Morgan fingerprint density at radius 3 is 2.12 bits per heavy atom. The van der Waals surface area contributed by atoms with E-state index in [-0.39, 0.29) is 24.1 Å². The first-order valence-corrected chi connectivity index (χ1v) is 10.9. The first-order valence-electron chi connectivity index (χ1n) is 10.9. The number of benzene rings is 2. The summed E-state index contributed by atoms with van der Waals surface area (Å²) in [5.74, 6) is -0.413. The topological polar surface area (TPSA) is 70.7 Å². The van der Waals surface area contributed by atoms with Gasteiger partial charge in [0.15, 0.2) is 6.61 Å². The predicted octanol–water partition coefficient (Wildman–Crippen LogP) is 4.44. The van der Waals surface area contributed by atoms with Gasteiger partial charge in [-0.3, -0.25) is 14.5 Å². The molecule has 2 rings (SSSR count). The zero-order valence-electron chi connectivity index (χ0n) is 20.4. The molecule has 0 aliphatic heterocycles. The Bertz CT molecular complexity index is 995. The van der Waals surface area contributed by atoms with Crippen molar-refractivity contribution in [3.05, 3.63) is 58.1 Å². The molecule has 2 aromatic rings. The molecular formula is C25H32F3N3O3. The van der Waals surface area contributed by atoms with E-state index in [1.54, 1.807) is 44.9 Å². The number of carbonyl (C=O) groups is 2. The van der Waals surface area contributed by atoms with Crippen LogP contribution in [-0.2, 0) is 16.1 Å². The molecule has 0 aliphatic rings. The van der Waals surface area contributed by atoms with E-state index in [4.69, 9.17) is 4.74 Å². The fraction of sp³-hybridized carbons (Fsp3) is 0.440. The maximum absolute atomic E-state index is 12.6. The summed E-state index contributed by atoms with van der Waals surface area (Å²) in [7, 11) is 1.76. The number of carbonyl (C=O) groups excluding carboxylic acids is 2. The van der Waals surface area contributed by atoms with Crippen molar-refractivity contribution in [1.29, 1.82) is 0 Å². The molecule has 0 fully saturated rings. The van der Waals surface area contributed by atoms with Crippen LogP contribution in [0.3, 0.4) is 0 Å². The Kier molecular flexibility index (Phi) is 9.09. The van der Waals surface area contributed by atoms with Gasteiger partial charge in [-0.2, -0.15) is 13.2 Å². The monoisotopic (exact) mass is 479 g/mol. The number of nitrogens with zero attached hydrogens (tertiary/aromatic N) is 1. The van der Waals surface area contributed by atoms with Crippen molar-refractivity contribution >= 4 is 17.5 Å². The SMILES string of the molecule is Cc1cccc(C)c1NC(=O)CNC(=O)C(C)N(C)Cc1cc(C)c(OCC(F)(F)F)c(C)c1. The summed E-state index contributed by atoms with van der Waals surface area (Å²) in [6.45, 7) is 7.79. The Morgan fingerprint density at radius 1 is 1.03 bits per heavy atom. The molecule has 0 aromatic heterocycles. The van der Waals surface area contributed by atoms with E-state index in [0.29, 0.717) is 17.7 Å². The molecular weight excluding hydrogens is 447 g/mol. The summed E-state index contributed by atoms with van der Waals surface area (Å²) in [6.07, 6.45) is -4.41. The second kappa shape index (κ2) is 11.4. The van der Waals surface area contributed by atoms with Gasteiger partial charge in [-0.15, -0.1) is 0 Å². The van der Waals surface area contributed by atoms with Gasteiger partial charge >= 0.3 is 6.18 Å². The van der Waals surface area contributed by atoms with E-state index < -0.39 is 18.8 Å². The van der Waals surface area contributed by atoms with E-state index in [9.17, 15) is 22.8 Å². The summed E-state index contributed by atoms with van der Waals surface area (Å²) in [6, 6.07) is 8.67. The number of hydrogen-bond acceptors (Lipinski definition) is 4. The summed E-state index contributed by atoms with van der Waals surface area (Å²) >= 11 is 0. The number of hydrogen-bond donors (Lipinski definition) is 2. The molecule has 2 aromatic carbocycles. The molecule has 6 nitrogen and oxygen atoms in total. The number of aryl methyl sites for hydroxylation is 4. The molecule has 0 saturated carbocycles. The molecule has 186 valence electrons. The van der Waals surface area contributed by atoms with Gasteiger partial charge in [0.25, 0.3) is 0 Å². The highest BCUT2D eigenvalue weighted by molar-refractivity contribution is 5.96. The van der Waals surface area contributed by atoms with Crippen LogP contribution in [0.4, 0.5) is 18.9 Å². The Morgan fingerprint density at radius 2 is 1.59 bits per heavy atom. The molecule has 34 heavy (non-hydrogen) atoms. The fourth-order valence-corrected chi connectivity index (χ4v) is 3.65. The minimum Gasteiger partial charge on any atom is -0.484 e. The number of rotatable bonds is 9. The van der Waals surface area contributed by atoms with Gasteiger partial charge in [-0.1, -0.05) is 30.3 Å². The first-order chi connectivity index (χ1) is 15.8. The highest BCUT2D eigenvalue weighted by Crippen LogP contribution is 2.27. The van der Waals surface area contributed by atoms with Crippen LogP contribution in [0.1, 0.15) is 34.7 Å². The number of ether oxygens (including phenoxy) is 1. The van der Waals surface area contributed by atoms with Crippen LogP contribution in [0, 0.1) is 27.7 Å². The van der Waals surface area contributed by atoms with Crippen molar-refractivity contribution in [2.24, 2.45) is 0 Å². The van der Waals surface area contributed by atoms with Gasteiger partial charge in [0.1, 0.15) is 5.75 Å². The summed E-state index contributed by atoms with van der Waals surface area (Å²) in [5.41, 5.74) is 4.63.